The maximum absolute atomic E-state index is 12.4. The van der Waals surface area contributed by atoms with Gasteiger partial charge in [0.1, 0.15) is 10.8 Å². The monoisotopic (exact) mass is 401 g/mol. The molecule has 1 N–H and O–H groups in total. The van der Waals surface area contributed by atoms with E-state index in [1.165, 1.54) is 14.2 Å². The van der Waals surface area contributed by atoms with E-state index in [0.29, 0.717) is 5.75 Å². The number of amides is 1. The van der Waals surface area contributed by atoms with Gasteiger partial charge in [-0.3, -0.25) is 10.1 Å². The summed E-state index contributed by atoms with van der Waals surface area (Å²) >= 11 is 19.2. The average Bonchev–Trinajstić information content (AvgIpc) is 2.91. The van der Waals surface area contributed by atoms with Crippen LogP contribution in [-0.2, 0) is 15.4 Å². The second-order valence-corrected chi connectivity index (χ2v) is 6.50. The number of methoxy groups -OCH3 is 2. The van der Waals surface area contributed by atoms with E-state index in [-0.39, 0.29) is 31.9 Å². The van der Waals surface area contributed by atoms with Gasteiger partial charge in [0, 0.05) is 14.2 Å². The molecule has 0 saturated heterocycles. The van der Waals surface area contributed by atoms with E-state index in [1.807, 2.05) is 25.1 Å². The Morgan fingerprint density at radius 2 is 1.64 bits per heavy atom. The molecule has 3 rings (SSSR count). The number of carbonyl (C=O) groups is 1. The third-order valence-corrected chi connectivity index (χ3v) is 5.19. The predicted octanol–water partition coefficient (Wildman–Crippen LogP) is 4.89. The number of hydrogen-bond donors (Lipinski definition) is 1. The van der Waals surface area contributed by atoms with Crippen LogP contribution in [0.4, 0.5) is 0 Å². The van der Waals surface area contributed by atoms with Crippen LogP contribution in [0.25, 0.3) is 0 Å². The third-order valence-electron chi connectivity index (χ3n) is 4.00. The standard InChI is InChI=1S/C17H14Cl3NO4/c1-8-6-4-5-7-9(8)25-15-12(18)10-11(13(19)14(15)20)17(23-2,24-3)21-16(10)22/h4-7H,1-3H3,(H,21,22). The summed E-state index contributed by atoms with van der Waals surface area (Å²) in [5.41, 5.74) is 1.19. The van der Waals surface area contributed by atoms with E-state index in [4.69, 9.17) is 49.0 Å². The molecule has 0 fully saturated rings. The molecule has 0 unspecified atom stereocenters. The minimum Gasteiger partial charge on any atom is -0.454 e. The van der Waals surface area contributed by atoms with E-state index in [0.717, 1.165) is 5.56 Å². The van der Waals surface area contributed by atoms with Crippen LogP contribution in [0.2, 0.25) is 15.1 Å². The number of halogens is 3. The van der Waals surface area contributed by atoms with Crippen LogP contribution in [0, 0.1) is 6.92 Å². The first kappa shape index (κ1) is 18.3. The lowest BCUT2D eigenvalue weighted by Crippen LogP contribution is -2.42. The average molecular weight is 403 g/mol. The van der Waals surface area contributed by atoms with Crippen molar-refractivity contribution < 1.29 is 19.0 Å². The zero-order valence-electron chi connectivity index (χ0n) is 13.6. The Morgan fingerprint density at radius 1 is 1.00 bits per heavy atom. The molecule has 0 radical (unpaired) electrons. The number of carbonyl (C=O) groups excluding carboxylic acids is 1. The van der Waals surface area contributed by atoms with Crippen molar-refractivity contribution in [1.29, 1.82) is 0 Å². The Bertz CT molecular complexity index is 865. The normalized spacial score (nSPS) is 15.0. The predicted molar refractivity (Wildman–Crippen MR) is 95.9 cm³/mol. The van der Waals surface area contributed by atoms with E-state index < -0.39 is 11.8 Å². The Balaban J connectivity index is 2.22. The summed E-state index contributed by atoms with van der Waals surface area (Å²) in [7, 11) is 2.74. The van der Waals surface area contributed by atoms with Gasteiger partial charge < -0.3 is 14.2 Å². The van der Waals surface area contributed by atoms with Crippen molar-refractivity contribution in [2.45, 2.75) is 12.8 Å². The molecule has 25 heavy (non-hydrogen) atoms. The van der Waals surface area contributed by atoms with Crippen LogP contribution in [0.3, 0.4) is 0 Å². The fourth-order valence-electron chi connectivity index (χ4n) is 2.70. The zero-order valence-corrected chi connectivity index (χ0v) is 15.8. The smallest absolute Gasteiger partial charge is 0.282 e. The first-order chi connectivity index (χ1) is 11.9. The van der Waals surface area contributed by atoms with Crippen molar-refractivity contribution in [2.75, 3.05) is 14.2 Å². The van der Waals surface area contributed by atoms with Crippen molar-refractivity contribution in [2.24, 2.45) is 0 Å². The summed E-state index contributed by atoms with van der Waals surface area (Å²) in [5, 5.41) is 2.73. The Morgan fingerprint density at radius 3 is 2.24 bits per heavy atom. The summed E-state index contributed by atoms with van der Waals surface area (Å²) in [5.74, 6) is -1.42. The molecule has 132 valence electrons. The lowest BCUT2D eigenvalue weighted by molar-refractivity contribution is -0.225. The molecule has 5 nitrogen and oxygen atoms in total. The van der Waals surface area contributed by atoms with Gasteiger partial charge in [0.05, 0.1) is 21.2 Å². The topological polar surface area (TPSA) is 56.8 Å². The summed E-state index contributed by atoms with van der Waals surface area (Å²) in [6.45, 7) is 1.87. The second kappa shape index (κ2) is 6.67. The van der Waals surface area contributed by atoms with Crippen LogP contribution in [0.5, 0.6) is 11.5 Å². The van der Waals surface area contributed by atoms with E-state index in [1.54, 1.807) is 6.07 Å². The zero-order chi connectivity index (χ0) is 18.4. The molecular weight excluding hydrogens is 389 g/mol. The van der Waals surface area contributed by atoms with Crippen LogP contribution in [0.15, 0.2) is 24.3 Å². The highest BCUT2D eigenvalue weighted by molar-refractivity contribution is 6.47. The summed E-state index contributed by atoms with van der Waals surface area (Å²) in [6, 6.07) is 7.32. The van der Waals surface area contributed by atoms with E-state index in [9.17, 15) is 4.79 Å². The van der Waals surface area contributed by atoms with Crippen LogP contribution >= 0.6 is 34.8 Å². The molecule has 1 amide bonds. The highest BCUT2D eigenvalue weighted by atomic mass is 35.5. The number of hydrogen-bond acceptors (Lipinski definition) is 4. The fourth-order valence-corrected chi connectivity index (χ4v) is 3.59. The van der Waals surface area contributed by atoms with Gasteiger partial charge in [0.2, 0.25) is 0 Å². The van der Waals surface area contributed by atoms with Gasteiger partial charge in [-0.25, -0.2) is 0 Å². The van der Waals surface area contributed by atoms with Crippen LogP contribution < -0.4 is 10.1 Å². The number of fused-ring (bicyclic) bond motifs is 1. The molecule has 0 aliphatic carbocycles. The van der Waals surface area contributed by atoms with Crippen LogP contribution in [0.1, 0.15) is 21.5 Å². The molecule has 1 heterocycles. The number of ether oxygens (including phenoxy) is 3. The highest BCUT2D eigenvalue weighted by Gasteiger charge is 2.49. The number of aryl methyl sites for hydroxylation is 1. The van der Waals surface area contributed by atoms with E-state index >= 15 is 0 Å². The molecule has 2 aromatic rings. The molecule has 8 heteroatoms. The molecular formula is C17H14Cl3NO4. The molecule has 1 aliphatic rings. The lowest BCUT2D eigenvalue weighted by Gasteiger charge is -2.27. The fraction of sp³-hybridized carbons (Fsp3) is 0.235. The summed E-state index contributed by atoms with van der Waals surface area (Å²) in [4.78, 5) is 12.4. The molecule has 0 saturated carbocycles. The van der Waals surface area contributed by atoms with Gasteiger partial charge in [-0.05, 0) is 18.6 Å². The molecule has 0 spiro atoms. The molecule has 2 aromatic carbocycles. The maximum atomic E-state index is 12.4. The molecule has 0 bridgehead atoms. The van der Waals surface area contributed by atoms with E-state index in [2.05, 4.69) is 5.32 Å². The van der Waals surface area contributed by atoms with Gasteiger partial charge >= 0.3 is 0 Å². The van der Waals surface area contributed by atoms with Gasteiger partial charge in [-0.15, -0.1) is 0 Å². The minimum absolute atomic E-state index is 0.0288. The Labute approximate surface area is 159 Å². The van der Waals surface area contributed by atoms with Crippen molar-refractivity contribution in [1.82, 2.24) is 5.32 Å². The van der Waals surface area contributed by atoms with Crippen molar-refractivity contribution in [3.8, 4) is 11.5 Å². The number of benzene rings is 2. The molecule has 1 aliphatic heterocycles. The highest BCUT2D eigenvalue weighted by Crippen LogP contribution is 2.51. The summed E-state index contributed by atoms with van der Waals surface area (Å²) in [6.07, 6.45) is 0. The van der Waals surface area contributed by atoms with Crippen LogP contribution in [-0.4, -0.2) is 20.1 Å². The minimum atomic E-state index is -1.56. The van der Waals surface area contributed by atoms with Crippen molar-refractivity contribution >= 4 is 40.7 Å². The number of para-hydroxylation sites is 1. The SMILES string of the molecule is COC1(OC)NC(=O)c2c(Cl)c(Oc3ccccc3C)c(Cl)c(Cl)c21. The Kier molecular flexibility index (Phi) is 4.88. The summed E-state index contributed by atoms with van der Waals surface area (Å²) < 4.78 is 16.5. The van der Waals surface area contributed by atoms with Gasteiger partial charge in [0.15, 0.2) is 5.75 Å². The first-order valence-corrected chi connectivity index (χ1v) is 8.37. The molecule has 0 atom stereocenters. The maximum Gasteiger partial charge on any atom is 0.282 e. The Hall–Kier alpha value is -1.50. The van der Waals surface area contributed by atoms with Gasteiger partial charge in [-0.1, -0.05) is 53.0 Å². The number of nitrogens with one attached hydrogen (secondary N) is 1. The van der Waals surface area contributed by atoms with Gasteiger partial charge in [0.25, 0.3) is 11.8 Å². The van der Waals surface area contributed by atoms with Gasteiger partial charge in [-0.2, -0.15) is 0 Å². The second-order valence-electron chi connectivity index (χ2n) is 5.37. The lowest BCUT2D eigenvalue weighted by atomic mass is 10.1. The van der Waals surface area contributed by atoms with Crippen molar-refractivity contribution in [3.63, 3.8) is 0 Å². The number of rotatable bonds is 4. The first-order valence-electron chi connectivity index (χ1n) is 7.23. The largest absolute Gasteiger partial charge is 0.454 e. The molecule has 0 aromatic heterocycles. The quantitative estimate of drug-likeness (QED) is 0.584. The third kappa shape index (κ3) is 2.76. The van der Waals surface area contributed by atoms with Crippen molar-refractivity contribution in [3.05, 3.63) is 56.0 Å².